The Bertz CT molecular complexity index is 705. The quantitative estimate of drug-likeness (QED) is 0.731. The molecule has 0 radical (unpaired) electrons. The summed E-state index contributed by atoms with van der Waals surface area (Å²) in [6.07, 6.45) is 1.82. The molecule has 1 saturated heterocycles. The summed E-state index contributed by atoms with van der Waals surface area (Å²) in [5.74, 6) is 1.74. The van der Waals surface area contributed by atoms with Crippen LogP contribution < -0.4 is 9.47 Å². The molecule has 1 unspecified atom stereocenters. The van der Waals surface area contributed by atoms with E-state index in [1.54, 1.807) is 13.2 Å². The molecule has 3 aliphatic heterocycles. The number of esters is 1. The third-order valence-corrected chi connectivity index (χ3v) is 6.14. The van der Waals surface area contributed by atoms with Crippen molar-refractivity contribution in [3.63, 3.8) is 0 Å². The van der Waals surface area contributed by atoms with Crippen molar-refractivity contribution in [3.8, 4) is 11.5 Å². The predicted octanol–water partition coefficient (Wildman–Crippen LogP) is 1.78. The number of hydrogen-bond donors (Lipinski definition) is 0. The molecule has 6 nitrogen and oxygen atoms in total. The SMILES string of the molecule is CO[C@@H]1CC2CCN(C)[C@@H]2[C@H]2c3cc4c(cc3C(=O)O[C@H]21)OCO4. The highest BCUT2D eigenvalue weighted by Gasteiger charge is 2.54. The highest BCUT2D eigenvalue weighted by Crippen LogP contribution is 2.51. The molecule has 5 rings (SSSR count). The average molecular weight is 331 g/mol. The zero-order chi connectivity index (χ0) is 16.4. The molecule has 0 N–H and O–H groups in total. The first-order chi connectivity index (χ1) is 11.7. The lowest BCUT2D eigenvalue weighted by Crippen LogP contribution is -2.55. The minimum absolute atomic E-state index is 0.0507. The van der Waals surface area contributed by atoms with Gasteiger partial charge in [0.2, 0.25) is 6.79 Å². The first-order valence-corrected chi connectivity index (χ1v) is 8.55. The molecule has 24 heavy (non-hydrogen) atoms. The van der Waals surface area contributed by atoms with E-state index < -0.39 is 0 Å². The molecule has 1 aromatic carbocycles. The van der Waals surface area contributed by atoms with E-state index in [2.05, 4.69) is 11.9 Å². The third kappa shape index (κ3) is 1.87. The van der Waals surface area contributed by atoms with E-state index in [0.29, 0.717) is 23.3 Å². The second kappa shape index (κ2) is 5.10. The molecule has 3 heterocycles. The molecule has 1 saturated carbocycles. The Kier molecular flexibility index (Phi) is 3.09. The van der Waals surface area contributed by atoms with Gasteiger partial charge in [-0.05, 0) is 50.0 Å². The lowest BCUT2D eigenvalue weighted by Gasteiger charge is -2.48. The van der Waals surface area contributed by atoms with Gasteiger partial charge in [-0.1, -0.05) is 0 Å². The highest BCUT2D eigenvalue weighted by atomic mass is 16.7. The number of fused-ring (bicyclic) bond motifs is 6. The van der Waals surface area contributed by atoms with Crippen LogP contribution in [0, 0.1) is 5.92 Å². The Balaban J connectivity index is 1.66. The summed E-state index contributed by atoms with van der Waals surface area (Å²) in [5.41, 5.74) is 1.63. The molecule has 4 aliphatic rings. The molecule has 1 aromatic rings. The Morgan fingerprint density at radius 2 is 2.04 bits per heavy atom. The van der Waals surface area contributed by atoms with Gasteiger partial charge in [0.05, 0.1) is 11.7 Å². The number of ether oxygens (including phenoxy) is 4. The Morgan fingerprint density at radius 3 is 2.83 bits per heavy atom. The number of carbonyl (C=O) groups is 1. The van der Waals surface area contributed by atoms with Crippen molar-refractivity contribution in [1.82, 2.24) is 4.90 Å². The molecule has 0 amide bonds. The maximum absolute atomic E-state index is 12.6. The fourth-order valence-electron chi connectivity index (χ4n) is 5.07. The van der Waals surface area contributed by atoms with Crippen LogP contribution in [0.2, 0.25) is 0 Å². The maximum atomic E-state index is 12.6. The molecule has 0 spiro atoms. The van der Waals surface area contributed by atoms with E-state index in [4.69, 9.17) is 18.9 Å². The minimum atomic E-state index is -0.286. The first-order valence-electron chi connectivity index (χ1n) is 8.55. The fourth-order valence-corrected chi connectivity index (χ4v) is 5.07. The molecular formula is C18H21NO5. The van der Waals surface area contributed by atoms with Crippen molar-refractivity contribution in [1.29, 1.82) is 0 Å². The van der Waals surface area contributed by atoms with Crippen LogP contribution in [0.25, 0.3) is 0 Å². The van der Waals surface area contributed by atoms with Gasteiger partial charge in [-0.3, -0.25) is 0 Å². The van der Waals surface area contributed by atoms with Crippen LogP contribution in [-0.4, -0.2) is 56.6 Å². The fraction of sp³-hybridized carbons (Fsp3) is 0.611. The van der Waals surface area contributed by atoms with Crippen molar-refractivity contribution >= 4 is 5.97 Å². The summed E-state index contributed by atoms with van der Waals surface area (Å²) in [5, 5.41) is 0. The Labute approximate surface area is 140 Å². The monoisotopic (exact) mass is 331 g/mol. The lowest BCUT2D eigenvalue weighted by atomic mass is 9.69. The van der Waals surface area contributed by atoms with Crippen LogP contribution in [0.4, 0.5) is 0 Å². The topological polar surface area (TPSA) is 57.2 Å². The van der Waals surface area contributed by atoms with E-state index in [0.717, 1.165) is 30.7 Å². The van der Waals surface area contributed by atoms with Crippen molar-refractivity contribution in [3.05, 3.63) is 23.3 Å². The van der Waals surface area contributed by atoms with Crippen LogP contribution in [0.15, 0.2) is 12.1 Å². The van der Waals surface area contributed by atoms with Gasteiger partial charge in [0.15, 0.2) is 11.5 Å². The smallest absolute Gasteiger partial charge is 0.338 e. The summed E-state index contributed by atoms with van der Waals surface area (Å²) >= 11 is 0. The zero-order valence-corrected chi connectivity index (χ0v) is 13.9. The largest absolute Gasteiger partial charge is 0.455 e. The lowest BCUT2D eigenvalue weighted by molar-refractivity contribution is -0.0926. The Morgan fingerprint density at radius 1 is 1.25 bits per heavy atom. The van der Waals surface area contributed by atoms with E-state index in [1.165, 1.54) is 0 Å². The van der Waals surface area contributed by atoms with Gasteiger partial charge in [0.1, 0.15) is 6.10 Å². The van der Waals surface area contributed by atoms with E-state index in [9.17, 15) is 4.79 Å². The van der Waals surface area contributed by atoms with E-state index in [1.807, 2.05) is 6.07 Å². The molecule has 0 aromatic heterocycles. The van der Waals surface area contributed by atoms with Crippen molar-refractivity contribution in [2.75, 3.05) is 27.5 Å². The van der Waals surface area contributed by atoms with Crippen molar-refractivity contribution in [2.24, 2.45) is 5.92 Å². The van der Waals surface area contributed by atoms with Crippen molar-refractivity contribution < 1.29 is 23.7 Å². The summed E-state index contributed by atoms with van der Waals surface area (Å²) < 4.78 is 22.5. The van der Waals surface area contributed by atoms with Gasteiger partial charge < -0.3 is 23.8 Å². The number of methoxy groups -OCH3 is 1. The number of nitrogens with zero attached hydrogens (tertiary/aromatic N) is 1. The van der Waals surface area contributed by atoms with Gasteiger partial charge in [0, 0.05) is 19.1 Å². The van der Waals surface area contributed by atoms with Crippen LogP contribution in [0.5, 0.6) is 11.5 Å². The molecule has 128 valence electrons. The molecule has 2 fully saturated rings. The van der Waals surface area contributed by atoms with Gasteiger partial charge in [-0.2, -0.15) is 0 Å². The zero-order valence-electron chi connectivity index (χ0n) is 13.9. The number of benzene rings is 1. The predicted molar refractivity (Wildman–Crippen MR) is 84.4 cm³/mol. The standard InChI is InChI=1S/C18H21NO5/c1-19-4-3-9-5-14(21-2)17-15(16(9)19)10-6-12-13(23-8-22-12)7-11(10)18(20)24-17/h6-7,9,14-17H,3-5,8H2,1-2H3/t9?,14-,15-,16+,17+/m1/s1. The molecular weight excluding hydrogens is 310 g/mol. The number of hydrogen-bond acceptors (Lipinski definition) is 6. The van der Waals surface area contributed by atoms with Crippen LogP contribution in [0.1, 0.15) is 34.7 Å². The normalized spacial score (nSPS) is 36.8. The molecule has 1 aliphatic carbocycles. The van der Waals surface area contributed by atoms with E-state index >= 15 is 0 Å². The van der Waals surface area contributed by atoms with Gasteiger partial charge in [-0.25, -0.2) is 4.79 Å². The first kappa shape index (κ1) is 14.5. The number of rotatable bonds is 1. The van der Waals surface area contributed by atoms with Crippen molar-refractivity contribution in [2.45, 2.75) is 37.0 Å². The summed E-state index contributed by atoms with van der Waals surface area (Å²) in [6.45, 7) is 1.27. The molecule has 6 heteroatoms. The summed E-state index contributed by atoms with van der Waals surface area (Å²) in [6, 6.07) is 4.13. The van der Waals surface area contributed by atoms with Crippen LogP contribution >= 0.6 is 0 Å². The second-order valence-corrected chi connectivity index (χ2v) is 7.22. The average Bonchev–Trinajstić information content (AvgIpc) is 3.19. The van der Waals surface area contributed by atoms with E-state index in [-0.39, 0.29) is 30.9 Å². The summed E-state index contributed by atoms with van der Waals surface area (Å²) in [7, 11) is 3.88. The van der Waals surface area contributed by atoms with Crippen LogP contribution in [0.3, 0.4) is 0 Å². The highest BCUT2D eigenvalue weighted by molar-refractivity contribution is 5.94. The minimum Gasteiger partial charge on any atom is -0.455 e. The molecule has 5 atom stereocenters. The second-order valence-electron chi connectivity index (χ2n) is 7.22. The third-order valence-electron chi connectivity index (χ3n) is 6.14. The van der Waals surface area contributed by atoms with Crippen LogP contribution in [-0.2, 0) is 9.47 Å². The molecule has 0 bridgehead atoms. The maximum Gasteiger partial charge on any atom is 0.338 e. The number of likely N-dealkylation sites (N-methyl/N-ethyl adjacent to an activating group) is 1. The van der Waals surface area contributed by atoms with Gasteiger partial charge in [0.25, 0.3) is 0 Å². The summed E-state index contributed by atoms with van der Waals surface area (Å²) in [4.78, 5) is 15.0. The number of likely N-dealkylation sites (tertiary alicyclic amines) is 1. The number of carbonyl (C=O) groups excluding carboxylic acids is 1. The van der Waals surface area contributed by atoms with Gasteiger partial charge >= 0.3 is 5.97 Å². The Hall–Kier alpha value is -1.79. The van der Waals surface area contributed by atoms with Gasteiger partial charge in [-0.15, -0.1) is 0 Å².